The Morgan fingerprint density at radius 3 is 2.52 bits per heavy atom. The molecule has 2 amide bonds. The van der Waals surface area contributed by atoms with Crippen molar-refractivity contribution in [2.45, 2.75) is 19.8 Å². The van der Waals surface area contributed by atoms with E-state index in [0.29, 0.717) is 37.7 Å². The van der Waals surface area contributed by atoms with Gasteiger partial charge in [-0.05, 0) is 6.07 Å². The smallest absolute Gasteiger partial charge is 0.225 e. The van der Waals surface area contributed by atoms with Crippen molar-refractivity contribution in [2.75, 3.05) is 47.6 Å². The standard InChI is InChI=1S/C20H30N2O5/c1-13(2)20(24)22-11-16(17(12-22)19(23)21-8-9-25-3)15-7-6-14(26-4)10-18(15)27-5/h6-7,10,13,16-17H,8-9,11-12H2,1-5H3,(H,21,23)/t16-,17+/m0/s1. The molecule has 1 aromatic rings. The van der Waals surface area contributed by atoms with Gasteiger partial charge in [0.05, 0.1) is 26.7 Å². The first kappa shape index (κ1) is 21.0. The van der Waals surface area contributed by atoms with Gasteiger partial charge in [0, 0.05) is 50.2 Å². The van der Waals surface area contributed by atoms with Gasteiger partial charge in [0.25, 0.3) is 0 Å². The van der Waals surface area contributed by atoms with Gasteiger partial charge < -0.3 is 24.4 Å². The van der Waals surface area contributed by atoms with Crippen molar-refractivity contribution >= 4 is 11.8 Å². The lowest BCUT2D eigenvalue weighted by atomic mass is 9.87. The van der Waals surface area contributed by atoms with Crippen LogP contribution in [-0.4, -0.2) is 64.3 Å². The van der Waals surface area contributed by atoms with Gasteiger partial charge in [-0.25, -0.2) is 0 Å². The van der Waals surface area contributed by atoms with Crippen molar-refractivity contribution < 1.29 is 23.8 Å². The predicted octanol–water partition coefficient (Wildman–Crippen LogP) is 1.66. The van der Waals surface area contributed by atoms with E-state index in [-0.39, 0.29) is 29.6 Å². The lowest BCUT2D eigenvalue weighted by Crippen LogP contribution is -2.37. The Hall–Kier alpha value is -2.28. The number of methoxy groups -OCH3 is 3. The molecule has 0 radical (unpaired) electrons. The number of nitrogens with one attached hydrogen (secondary N) is 1. The van der Waals surface area contributed by atoms with Gasteiger partial charge in [-0.3, -0.25) is 9.59 Å². The fourth-order valence-corrected chi connectivity index (χ4v) is 3.46. The van der Waals surface area contributed by atoms with Crippen molar-refractivity contribution in [1.29, 1.82) is 0 Å². The zero-order valence-corrected chi connectivity index (χ0v) is 16.8. The third kappa shape index (κ3) is 4.91. The summed E-state index contributed by atoms with van der Waals surface area (Å²) in [5.41, 5.74) is 0.907. The molecule has 1 aromatic carbocycles. The van der Waals surface area contributed by atoms with E-state index in [1.165, 1.54) is 0 Å². The largest absolute Gasteiger partial charge is 0.497 e. The Labute approximate surface area is 161 Å². The van der Waals surface area contributed by atoms with Crippen molar-refractivity contribution in [3.63, 3.8) is 0 Å². The number of benzene rings is 1. The van der Waals surface area contributed by atoms with E-state index in [2.05, 4.69) is 5.32 Å². The first-order valence-corrected chi connectivity index (χ1v) is 9.20. The number of rotatable bonds is 8. The fraction of sp³-hybridized carbons (Fsp3) is 0.600. The highest BCUT2D eigenvalue weighted by Gasteiger charge is 2.41. The molecule has 1 saturated heterocycles. The Bertz CT molecular complexity index is 662. The van der Waals surface area contributed by atoms with E-state index >= 15 is 0 Å². The molecule has 1 fully saturated rings. The molecule has 2 rings (SSSR count). The number of ether oxygens (including phenoxy) is 3. The molecular weight excluding hydrogens is 348 g/mol. The highest BCUT2D eigenvalue weighted by Crippen LogP contribution is 2.39. The van der Waals surface area contributed by atoms with Crippen LogP contribution in [0.3, 0.4) is 0 Å². The van der Waals surface area contributed by atoms with Crippen LogP contribution in [0.5, 0.6) is 11.5 Å². The molecule has 7 nitrogen and oxygen atoms in total. The SMILES string of the molecule is COCCNC(=O)[C@@H]1CN(C(=O)C(C)C)C[C@H]1c1ccc(OC)cc1OC. The van der Waals surface area contributed by atoms with Crippen LogP contribution >= 0.6 is 0 Å². The maximum atomic E-state index is 12.8. The maximum Gasteiger partial charge on any atom is 0.225 e. The normalized spacial score (nSPS) is 19.3. The summed E-state index contributed by atoms with van der Waals surface area (Å²) in [7, 11) is 4.78. The van der Waals surface area contributed by atoms with E-state index in [1.54, 1.807) is 26.2 Å². The Morgan fingerprint density at radius 2 is 1.93 bits per heavy atom. The van der Waals surface area contributed by atoms with Gasteiger partial charge >= 0.3 is 0 Å². The lowest BCUT2D eigenvalue weighted by molar-refractivity contribution is -0.133. The van der Waals surface area contributed by atoms with Crippen molar-refractivity contribution in [3.05, 3.63) is 23.8 Å². The average Bonchev–Trinajstić information content (AvgIpc) is 3.11. The van der Waals surface area contributed by atoms with E-state index < -0.39 is 0 Å². The monoisotopic (exact) mass is 378 g/mol. The first-order valence-electron chi connectivity index (χ1n) is 9.20. The highest BCUT2D eigenvalue weighted by atomic mass is 16.5. The number of carbonyl (C=O) groups excluding carboxylic acids is 2. The van der Waals surface area contributed by atoms with E-state index in [4.69, 9.17) is 14.2 Å². The zero-order chi connectivity index (χ0) is 20.0. The lowest BCUT2D eigenvalue weighted by Gasteiger charge is -2.21. The Morgan fingerprint density at radius 1 is 1.19 bits per heavy atom. The maximum absolute atomic E-state index is 12.8. The molecule has 1 aliphatic rings. The van der Waals surface area contributed by atoms with Crippen LogP contribution in [0.1, 0.15) is 25.3 Å². The topological polar surface area (TPSA) is 77.1 Å². The van der Waals surface area contributed by atoms with Crippen LogP contribution < -0.4 is 14.8 Å². The summed E-state index contributed by atoms with van der Waals surface area (Å²) in [4.78, 5) is 27.1. The molecule has 0 bridgehead atoms. The summed E-state index contributed by atoms with van der Waals surface area (Å²) >= 11 is 0. The third-order valence-electron chi connectivity index (χ3n) is 4.91. The highest BCUT2D eigenvalue weighted by molar-refractivity contribution is 5.84. The van der Waals surface area contributed by atoms with Crippen LogP contribution in [-0.2, 0) is 14.3 Å². The fourth-order valence-electron chi connectivity index (χ4n) is 3.46. The number of hydrogen-bond acceptors (Lipinski definition) is 5. The van der Waals surface area contributed by atoms with Crippen LogP contribution in [0.15, 0.2) is 18.2 Å². The summed E-state index contributed by atoms with van der Waals surface area (Å²) in [5, 5.41) is 2.91. The average molecular weight is 378 g/mol. The minimum Gasteiger partial charge on any atom is -0.497 e. The number of carbonyl (C=O) groups is 2. The van der Waals surface area contributed by atoms with Crippen LogP contribution in [0.25, 0.3) is 0 Å². The van der Waals surface area contributed by atoms with Gasteiger partial charge in [0.2, 0.25) is 11.8 Å². The number of likely N-dealkylation sites (tertiary alicyclic amines) is 1. The number of nitrogens with zero attached hydrogens (tertiary/aromatic N) is 1. The second kappa shape index (κ2) is 9.60. The van der Waals surface area contributed by atoms with Crippen LogP contribution in [0, 0.1) is 11.8 Å². The molecule has 0 aliphatic carbocycles. The molecule has 27 heavy (non-hydrogen) atoms. The van der Waals surface area contributed by atoms with E-state index in [0.717, 1.165) is 5.56 Å². The predicted molar refractivity (Wildman–Crippen MR) is 102 cm³/mol. The van der Waals surface area contributed by atoms with Gasteiger partial charge in [0.15, 0.2) is 0 Å². The summed E-state index contributed by atoms with van der Waals surface area (Å²) in [6.45, 7) is 5.52. The number of amides is 2. The van der Waals surface area contributed by atoms with Gasteiger partial charge in [-0.2, -0.15) is 0 Å². The molecule has 0 spiro atoms. The van der Waals surface area contributed by atoms with Crippen molar-refractivity contribution in [3.8, 4) is 11.5 Å². The summed E-state index contributed by atoms with van der Waals surface area (Å²) in [6, 6.07) is 5.58. The van der Waals surface area contributed by atoms with Crippen LogP contribution in [0.2, 0.25) is 0 Å². The first-order chi connectivity index (χ1) is 12.9. The minimum absolute atomic E-state index is 0.0553. The summed E-state index contributed by atoms with van der Waals surface area (Å²) < 4.78 is 15.8. The zero-order valence-electron chi connectivity index (χ0n) is 16.8. The minimum atomic E-state index is -0.341. The third-order valence-corrected chi connectivity index (χ3v) is 4.91. The van der Waals surface area contributed by atoms with Gasteiger partial charge in [-0.1, -0.05) is 19.9 Å². The van der Waals surface area contributed by atoms with E-state index in [1.807, 2.05) is 32.0 Å². The quantitative estimate of drug-likeness (QED) is 0.696. The molecule has 0 aromatic heterocycles. The molecule has 7 heteroatoms. The summed E-state index contributed by atoms with van der Waals surface area (Å²) in [6.07, 6.45) is 0. The Kier molecular flexibility index (Phi) is 7.47. The van der Waals surface area contributed by atoms with Crippen molar-refractivity contribution in [1.82, 2.24) is 10.2 Å². The van der Waals surface area contributed by atoms with Crippen LogP contribution in [0.4, 0.5) is 0 Å². The molecule has 2 atom stereocenters. The molecule has 1 heterocycles. The second-order valence-corrected chi connectivity index (χ2v) is 7.00. The van der Waals surface area contributed by atoms with E-state index in [9.17, 15) is 9.59 Å². The van der Waals surface area contributed by atoms with Gasteiger partial charge in [-0.15, -0.1) is 0 Å². The number of hydrogen-bond donors (Lipinski definition) is 1. The second-order valence-electron chi connectivity index (χ2n) is 7.00. The molecule has 1 aliphatic heterocycles. The molecule has 0 saturated carbocycles. The molecule has 0 unspecified atom stereocenters. The van der Waals surface area contributed by atoms with Crippen molar-refractivity contribution in [2.24, 2.45) is 11.8 Å². The molecular formula is C20H30N2O5. The Balaban J connectivity index is 2.31. The summed E-state index contributed by atoms with van der Waals surface area (Å²) in [5.74, 6) is 0.730. The molecule has 150 valence electrons. The van der Waals surface area contributed by atoms with Gasteiger partial charge in [0.1, 0.15) is 11.5 Å². The molecule has 1 N–H and O–H groups in total.